The number of benzene rings is 1. The fourth-order valence-electron chi connectivity index (χ4n) is 3.06. The maximum Gasteiger partial charge on any atom is 0.308 e. The second-order valence-corrected chi connectivity index (χ2v) is 8.10. The highest BCUT2D eigenvalue weighted by atomic mass is 79.9. The first-order valence-corrected chi connectivity index (χ1v) is 10.8. The number of ether oxygens (including phenoxy) is 2. The summed E-state index contributed by atoms with van der Waals surface area (Å²) in [5, 5.41) is 2.72. The summed E-state index contributed by atoms with van der Waals surface area (Å²) in [6.45, 7) is 6.92. The van der Waals surface area contributed by atoms with Crippen molar-refractivity contribution in [1.82, 2.24) is 10.2 Å². The molecule has 0 saturated carbocycles. The summed E-state index contributed by atoms with van der Waals surface area (Å²) in [4.78, 5) is 39.0. The molecule has 1 N–H and O–H groups in total. The number of nitrogens with one attached hydrogen (secondary N) is 1. The van der Waals surface area contributed by atoms with E-state index in [1.807, 2.05) is 13.8 Å². The molecule has 160 valence electrons. The van der Waals surface area contributed by atoms with Crippen molar-refractivity contribution in [3.63, 3.8) is 0 Å². The van der Waals surface area contributed by atoms with Gasteiger partial charge in [0.05, 0.1) is 23.6 Å². The summed E-state index contributed by atoms with van der Waals surface area (Å²) < 4.78 is 11.6. The van der Waals surface area contributed by atoms with Gasteiger partial charge in [-0.1, -0.05) is 19.8 Å². The number of carbonyl (C=O) groups excluding carboxylic acids is 3. The Morgan fingerprint density at radius 3 is 2.72 bits per heavy atom. The third kappa shape index (κ3) is 6.73. The van der Waals surface area contributed by atoms with Crippen molar-refractivity contribution in [1.29, 1.82) is 0 Å². The smallest absolute Gasteiger partial charge is 0.308 e. The Hall–Kier alpha value is -2.09. The van der Waals surface area contributed by atoms with Crippen LogP contribution in [-0.2, 0) is 14.3 Å². The lowest BCUT2D eigenvalue weighted by Crippen LogP contribution is -2.57. The van der Waals surface area contributed by atoms with Crippen LogP contribution in [0.25, 0.3) is 0 Å². The van der Waals surface area contributed by atoms with Crippen molar-refractivity contribution >= 4 is 33.7 Å². The lowest BCUT2D eigenvalue weighted by Gasteiger charge is -2.34. The first-order chi connectivity index (χ1) is 13.8. The minimum Gasteiger partial charge on any atom is -0.490 e. The molecule has 0 aliphatic carbocycles. The van der Waals surface area contributed by atoms with Gasteiger partial charge in [0, 0.05) is 18.7 Å². The van der Waals surface area contributed by atoms with Crippen LogP contribution in [0.1, 0.15) is 56.8 Å². The zero-order valence-corrected chi connectivity index (χ0v) is 18.8. The van der Waals surface area contributed by atoms with Gasteiger partial charge in [0.1, 0.15) is 11.8 Å². The Kier molecular flexibility index (Phi) is 8.95. The Labute approximate surface area is 180 Å². The molecule has 8 heteroatoms. The van der Waals surface area contributed by atoms with E-state index in [2.05, 4.69) is 28.2 Å². The van der Waals surface area contributed by atoms with E-state index in [-0.39, 0.29) is 24.3 Å². The predicted octanol–water partition coefficient (Wildman–Crippen LogP) is 3.30. The maximum atomic E-state index is 13.1. The first-order valence-electron chi connectivity index (χ1n) is 10.0. The van der Waals surface area contributed by atoms with Gasteiger partial charge in [-0.05, 0) is 54.4 Å². The molecule has 1 aliphatic rings. The van der Waals surface area contributed by atoms with Crippen LogP contribution in [0, 0.1) is 0 Å². The van der Waals surface area contributed by atoms with Gasteiger partial charge in [-0.2, -0.15) is 0 Å². The fraction of sp³-hybridized carbons (Fsp3) is 0.571. The molecule has 1 aromatic carbocycles. The largest absolute Gasteiger partial charge is 0.490 e. The van der Waals surface area contributed by atoms with Crippen LogP contribution in [0.5, 0.6) is 5.75 Å². The molecule has 2 amide bonds. The molecule has 1 fully saturated rings. The quantitative estimate of drug-likeness (QED) is 0.443. The van der Waals surface area contributed by atoms with Gasteiger partial charge in [0.2, 0.25) is 5.91 Å². The standard InChI is InChI=1S/C21H29BrN2O5/c1-4-5-6-11-28-19(25)13-17-20(26)23-9-10-24(17)21(27)15-7-8-18(16(22)12-15)29-14(2)3/h7-8,12,14,17H,4-6,9-11,13H2,1-3H3,(H,23,26). The monoisotopic (exact) mass is 468 g/mol. The first kappa shape index (κ1) is 23.2. The van der Waals surface area contributed by atoms with E-state index in [0.29, 0.717) is 35.5 Å². The summed E-state index contributed by atoms with van der Waals surface area (Å²) in [5.41, 5.74) is 0.420. The van der Waals surface area contributed by atoms with Crippen molar-refractivity contribution in [3.8, 4) is 5.75 Å². The SMILES string of the molecule is CCCCCOC(=O)CC1C(=O)NCCN1C(=O)c1ccc(OC(C)C)c(Br)c1. The topological polar surface area (TPSA) is 84.9 Å². The van der Waals surface area contributed by atoms with Crippen molar-refractivity contribution in [3.05, 3.63) is 28.2 Å². The van der Waals surface area contributed by atoms with Crippen LogP contribution in [0.3, 0.4) is 0 Å². The van der Waals surface area contributed by atoms with Crippen LogP contribution in [-0.4, -0.2) is 54.5 Å². The Morgan fingerprint density at radius 1 is 1.31 bits per heavy atom. The second kappa shape index (κ2) is 11.2. The normalized spacial score (nSPS) is 16.5. The van der Waals surface area contributed by atoms with E-state index in [1.165, 1.54) is 4.90 Å². The number of halogens is 1. The molecule has 1 saturated heterocycles. The number of esters is 1. The summed E-state index contributed by atoms with van der Waals surface area (Å²) >= 11 is 3.43. The number of unbranched alkanes of at least 4 members (excludes halogenated alkanes) is 2. The van der Waals surface area contributed by atoms with E-state index < -0.39 is 12.0 Å². The Balaban J connectivity index is 2.09. The molecule has 2 rings (SSSR count). The van der Waals surface area contributed by atoms with E-state index in [9.17, 15) is 14.4 Å². The minimum absolute atomic E-state index is 0.00589. The van der Waals surface area contributed by atoms with Crippen LogP contribution < -0.4 is 10.1 Å². The molecule has 0 aromatic heterocycles. The fourth-order valence-corrected chi connectivity index (χ4v) is 3.54. The van der Waals surface area contributed by atoms with E-state index in [4.69, 9.17) is 9.47 Å². The van der Waals surface area contributed by atoms with Gasteiger partial charge in [0.15, 0.2) is 0 Å². The summed E-state index contributed by atoms with van der Waals surface area (Å²) in [6.07, 6.45) is 2.65. The van der Waals surface area contributed by atoms with Crippen LogP contribution >= 0.6 is 15.9 Å². The third-order valence-electron chi connectivity index (χ3n) is 4.50. The zero-order valence-electron chi connectivity index (χ0n) is 17.2. The van der Waals surface area contributed by atoms with Gasteiger partial charge in [0.25, 0.3) is 5.91 Å². The molecular weight excluding hydrogens is 440 g/mol. The van der Waals surface area contributed by atoms with Gasteiger partial charge in [-0.15, -0.1) is 0 Å². The van der Waals surface area contributed by atoms with Crippen molar-refractivity contribution in [2.45, 2.75) is 58.6 Å². The second-order valence-electron chi connectivity index (χ2n) is 7.25. The highest BCUT2D eigenvalue weighted by molar-refractivity contribution is 9.10. The molecule has 0 bridgehead atoms. The molecular formula is C21H29BrN2O5. The van der Waals surface area contributed by atoms with Gasteiger partial charge in [-0.25, -0.2) is 0 Å². The Bertz CT molecular complexity index is 738. The van der Waals surface area contributed by atoms with Crippen LogP contribution in [0.2, 0.25) is 0 Å². The van der Waals surface area contributed by atoms with Crippen molar-refractivity contribution < 1.29 is 23.9 Å². The molecule has 0 radical (unpaired) electrons. The molecule has 1 aromatic rings. The molecule has 1 unspecified atom stereocenters. The predicted molar refractivity (Wildman–Crippen MR) is 113 cm³/mol. The molecule has 1 atom stereocenters. The minimum atomic E-state index is -0.875. The van der Waals surface area contributed by atoms with Gasteiger partial charge in [-0.3, -0.25) is 14.4 Å². The number of rotatable bonds is 9. The van der Waals surface area contributed by atoms with Crippen LogP contribution in [0.4, 0.5) is 0 Å². The molecule has 1 aliphatic heterocycles. The van der Waals surface area contributed by atoms with Crippen LogP contribution in [0.15, 0.2) is 22.7 Å². The maximum absolute atomic E-state index is 13.1. The number of amides is 2. The highest BCUT2D eigenvalue weighted by Gasteiger charge is 2.35. The average molecular weight is 469 g/mol. The third-order valence-corrected chi connectivity index (χ3v) is 5.12. The zero-order chi connectivity index (χ0) is 21.4. The molecule has 29 heavy (non-hydrogen) atoms. The number of hydrogen-bond acceptors (Lipinski definition) is 5. The van der Waals surface area contributed by atoms with Crippen molar-refractivity contribution in [2.75, 3.05) is 19.7 Å². The lowest BCUT2D eigenvalue weighted by atomic mass is 10.1. The molecule has 1 heterocycles. The summed E-state index contributed by atoms with van der Waals surface area (Å²) in [7, 11) is 0. The highest BCUT2D eigenvalue weighted by Crippen LogP contribution is 2.28. The number of piperazine rings is 1. The van der Waals surface area contributed by atoms with Gasteiger partial charge >= 0.3 is 5.97 Å². The number of hydrogen-bond donors (Lipinski definition) is 1. The van der Waals surface area contributed by atoms with E-state index in [1.54, 1.807) is 18.2 Å². The average Bonchev–Trinajstić information content (AvgIpc) is 2.67. The van der Waals surface area contributed by atoms with E-state index >= 15 is 0 Å². The number of nitrogens with zero attached hydrogens (tertiary/aromatic N) is 1. The molecule has 7 nitrogen and oxygen atoms in total. The lowest BCUT2D eigenvalue weighted by molar-refractivity contribution is -0.147. The van der Waals surface area contributed by atoms with Gasteiger partial charge < -0.3 is 19.7 Å². The summed E-state index contributed by atoms with van der Waals surface area (Å²) in [6, 6.07) is 4.18. The van der Waals surface area contributed by atoms with E-state index in [0.717, 1.165) is 19.3 Å². The Morgan fingerprint density at radius 2 is 2.07 bits per heavy atom. The molecule has 0 spiro atoms. The van der Waals surface area contributed by atoms with Crippen molar-refractivity contribution in [2.24, 2.45) is 0 Å². The number of carbonyl (C=O) groups is 3. The summed E-state index contributed by atoms with van der Waals surface area (Å²) in [5.74, 6) is -0.475.